The molecule has 5 rings (SSSR count). The van der Waals surface area contributed by atoms with Gasteiger partial charge in [0.05, 0.1) is 27.0 Å². The lowest BCUT2D eigenvalue weighted by Crippen LogP contribution is -2.53. The van der Waals surface area contributed by atoms with E-state index in [4.69, 9.17) is 4.74 Å². The van der Waals surface area contributed by atoms with E-state index in [9.17, 15) is 9.90 Å². The molecule has 2 heterocycles. The number of nitrogens with zero attached hydrogens (tertiary/aromatic N) is 2. The monoisotopic (exact) mass is 458 g/mol. The standard InChI is InChI=1S/C26H28N3O3Si/c1-15-4-6-18(32-25(33)23-8-11-29(23)3)14-20(15)24(31)28-26(9-10-26)21-12-17(30)13-22-19(21)7-5-16(2)27-22/h4-7,12-14,23,25,30H,8-11H2,1-3H3,(H,28,31)/t23-,25?/m0/s1. The van der Waals surface area contributed by atoms with Crippen LogP contribution in [0.15, 0.2) is 42.5 Å². The van der Waals surface area contributed by atoms with E-state index in [0.717, 1.165) is 53.5 Å². The van der Waals surface area contributed by atoms with Crippen LogP contribution in [0.5, 0.6) is 11.5 Å². The predicted octanol–water partition coefficient (Wildman–Crippen LogP) is 3.55. The van der Waals surface area contributed by atoms with Gasteiger partial charge in [-0.2, -0.15) is 0 Å². The normalized spacial score (nSPS) is 20.2. The molecule has 1 amide bonds. The summed E-state index contributed by atoms with van der Waals surface area (Å²) in [6.07, 6.45) is 2.72. The molecule has 3 aromatic rings. The molecule has 2 fully saturated rings. The maximum absolute atomic E-state index is 13.4. The predicted molar refractivity (Wildman–Crippen MR) is 129 cm³/mol. The van der Waals surface area contributed by atoms with E-state index in [0.29, 0.717) is 17.4 Å². The number of amides is 1. The average Bonchev–Trinajstić information content (AvgIpc) is 3.53. The van der Waals surface area contributed by atoms with Crippen molar-refractivity contribution in [2.75, 3.05) is 13.6 Å². The summed E-state index contributed by atoms with van der Waals surface area (Å²) in [6, 6.07) is 13.4. The van der Waals surface area contributed by atoms with E-state index >= 15 is 0 Å². The molecule has 1 aliphatic heterocycles. The van der Waals surface area contributed by atoms with Crippen LogP contribution in [0, 0.1) is 13.8 Å². The highest BCUT2D eigenvalue weighted by molar-refractivity contribution is 6.11. The van der Waals surface area contributed by atoms with Crippen LogP contribution in [-0.2, 0) is 5.54 Å². The SMILES string of the molecule is Cc1ccc2c(C3(NC(=O)c4cc(OC([Si])[C@@H]5CCN5C)ccc4C)CC3)cc(O)cc2n1. The molecule has 2 atom stereocenters. The molecule has 1 saturated heterocycles. The van der Waals surface area contributed by atoms with Crippen molar-refractivity contribution in [2.45, 2.75) is 50.4 Å². The molecule has 2 aliphatic rings. The average molecular weight is 459 g/mol. The van der Waals surface area contributed by atoms with E-state index in [-0.39, 0.29) is 17.4 Å². The molecular weight excluding hydrogens is 430 g/mol. The Morgan fingerprint density at radius 1 is 1.24 bits per heavy atom. The maximum atomic E-state index is 13.4. The van der Waals surface area contributed by atoms with Gasteiger partial charge < -0.3 is 20.1 Å². The van der Waals surface area contributed by atoms with Gasteiger partial charge in [-0.1, -0.05) is 12.1 Å². The lowest BCUT2D eigenvalue weighted by atomic mass is 9.97. The van der Waals surface area contributed by atoms with Gasteiger partial charge in [0.1, 0.15) is 11.5 Å². The number of likely N-dealkylation sites (tertiary alicyclic amines) is 1. The first kappa shape index (κ1) is 21.9. The zero-order valence-corrected chi connectivity index (χ0v) is 20.2. The van der Waals surface area contributed by atoms with Gasteiger partial charge in [0.2, 0.25) is 0 Å². The zero-order chi connectivity index (χ0) is 23.3. The van der Waals surface area contributed by atoms with Gasteiger partial charge in [-0.05, 0) is 82.1 Å². The van der Waals surface area contributed by atoms with Crippen molar-refractivity contribution in [3.05, 3.63) is 64.8 Å². The Morgan fingerprint density at radius 2 is 2.03 bits per heavy atom. The zero-order valence-electron chi connectivity index (χ0n) is 19.2. The number of nitrogens with one attached hydrogen (secondary N) is 1. The number of aryl methyl sites for hydroxylation is 2. The highest BCUT2D eigenvalue weighted by Gasteiger charge is 2.47. The fourth-order valence-corrected chi connectivity index (χ4v) is 5.21. The van der Waals surface area contributed by atoms with Crippen molar-refractivity contribution >= 4 is 27.1 Å². The lowest BCUT2D eigenvalue weighted by Gasteiger charge is -2.41. The highest BCUT2D eigenvalue weighted by atomic mass is 28.1. The van der Waals surface area contributed by atoms with Crippen molar-refractivity contribution in [1.29, 1.82) is 0 Å². The minimum atomic E-state index is -0.499. The van der Waals surface area contributed by atoms with E-state index < -0.39 is 5.54 Å². The number of hydrogen-bond donors (Lipinski definition) is 2. The Labute approximate surface area is 197 Å². The largest absolute Gasteiger partial charge is 0.508 e. The molecule has 7 heteroatoms. The second-order valence-corrected chi connectivity index (χ2v) is 9.97. The van der Waals surface area contributed by atoms with Crippen molar-refractivity contribution in [3.8, 4) is 11.5 Å². The van der Waals surface area contributed by atoms with Gasteiger partial charge in [0.15, 0.2) is 0 Å². The van der Waals surface area contributed by atoms with Gasteiger partial charge >= 0.3 is 0 Å². The summed E-state index contributed by atoms with van der Waals surface area (Å²) >= 11 is 0. The minimum Gasteiger partial charge on any atom is -0.508 e. The first-order chi connectivity index (χ1) is 15.8. The molecule has 169 valence electrons. The van der Waals surface area contributed by atoms with Crippen LogP contribution in [0.4, 0.5) is 0 Å². The fraction of sp³-hybridized carbons (Fsp3) is 0.385. The van der Waals surface area contributed by atoms with Crippen LogP contribution in [0.2, 0.25) is 0 Å². The second kappa shape index (κ2) is 8.15. The molecule has 0 spiro atoms. The Hall–Kier alpha value is -2.90. The smallest absolute Gasteiger partial charge is 0.252 e. The molecule has 1 saturated carbocycles. The number of phenolic OH excluding ortho intramolecular Hbond substituents is 1. The Bertz CT molecular complexity index is 1240. The topological polar surface area (TPSA) is 74.7 Å². The summed E-state index contributed by atoms with van der Waals surface area (Å²) in [4.78, 5) is 20.2. The summed E-state index contributed by atoms with van der Waals surface area (Å²) in [6.45, 7) is 4.92. The molecule has 1 aliphatic carbocycles. The van der Waals surface area contributed by atoms with E-state index in [2.05, 4.69) is 32.5 Å². The molecule has 6 nitrogen and oxygen atoms in total. The van der Waals surface area contributed by atoms with Crippen LogP contribution >= 0.6 is 0 Å². The second-order valence-electron chi connectivity index (χ2n) is 9.40. The minimum absolute atomic E-state index is 0.133. The number of rotatable bonds is 6. The number of carbonyl (C=O) groups is 1. The molecule has 0 bridgehead atoms. The van der Waals surface area contributed by atoms with E-state index in [1.807, 2.05) is 44.2 Å². The summed E-state index contributed by atoms with van der Waals surface area (Å²) in [5.74, 6) is 0.684. The number of aromatic nitrogens is 1. The van der Waals surface area contributed by atoms with Gasteiger partial charge in [0.25, 0.3) is 5.91 Å². The van der Waals surface area contributed by atoms with Crippen molar-refractivity contribution in [3.63, 3.8) is 0 Å². The van der Waals surface area contributed by atoms with Gasteiger partial charge in [-0.15, -0.1) is 0 Å². The summed E-state index contributed by atoms with van der Waals surface area (Å²) < 4.78 is 6.10. The first-order valence-corrected chi connectivity index (χ1v) is 12.0. The number of fused-ring (bicyclic) bond motifs is 1. The van der Waals surface area contributed by atoms with Crippen molar-refractivity contribution in [2.24, 2.45) is 0 Å². The molecule has 2 N–H and O–H groups in total. The number of ether oxygens (including phenoxy) is 1. The summed E-state index contributed by atoms with van der Waals surface area (Å²) in [5, 5.41) is 14.5. The van der Waals surface area contributed by atoms with Crippen molar-refractivity contribution < 1.29 is 14.6 Å². The Morgan fingerprint density at radius 3 is 2.70 bits per heavy atom. The maximum Gasteiger partial charge on any atom is 0.252 e. The number of aromatic hydroxyl groups is 1. The molecule has 2 aromatic carbocycles. The summed E-state index contributed by atoms with van der Waals surface area (Å²) in [5.41, 5.74) is 3.39. The van der Waals surface area contributed by atoms with Gasteiger partial charge in [-0.25, -0.2) is 0 Å². The van der Waals surface area contributed by atoms with Crippen LogP contribution in [0.1, 0.15) is 46.4 Å². The number of carbonyl (C=O) groups excluding carboxylic acids is 1. The quantitative estimate of drug-likeness (QED) is 0.553. The lowest BCUT2D eigenvalue weighted by molar-refractivity contribution is 0.0562. The third-order valence-electron chi connectivity index (χ3n) is 6.96. The third-order valence-corrected chi connectivity index (χ3v) is 7.46. The molecule has 3 radical (unpaired) electrons. The number of pyridine rings is 1. The number of benzene rings is 2. The van der Waals surface area contributed by atoms with Crippen LogP contribution in [0.25, 0.3) is 10.9 Å². The van der Waals surface area contributed by atoms with E-state index in [1.165, 1.54) is 0 Å². The Kier molecular flexibility index (Phi) is 5.41. The fourth-order valence-electron chi connectivity index (χ4n) is 4.65. The van der Waals surface area contributed by atoms with Crippen LogP contribution < -0.4 is 10.1 Å². The van der Waals surface area contributed by atoms with Crippen molar-refractivity contribution in [1.82, 2.24) is 15.2 Å². The molecular formula is C26H28N3O3Si. The van der Waals surface area contributed by atoms with Crippen LogP contribution in [-0.4, -0.2) is 56.5 Å². The van der Waals surface area contributed by atoms with Crippen LogP contribution in [0.3, 0.4) is 0 Å². The first-order valence-electron chi connectivity index (χ1n) is 11.4. The molecule has 33 heavy (non-hydrogen) atoms. The van der Waals surface area contributed by atoms with Gasteiger partial charge in [-0.3, -0.25) is 9.78 Å². The Balaban J connectivity index is 1.40. The summed E-state index contributed by atoms with van der Waals surface area (Å²) in [7, 11) is 5.78. The number of hydrogen-bond acceptors (Lipinski definition) is 5. The number of phenols is 1. The highest BCUT2D eigenvalue weighted by Crippen LogP contribution is 2.49. The third kappa shape index (κ3) is 4.11. The van der Waals surface area contributed by atoms with E-state index in [1.54, 1.807) is 12.1 Å². The number of likely N-dealkylation sites (N-methyl/N-ethyl adjacent to an activating group) is 1. The van der Waals surface area contributed by atoms with Gasteiger partial charge in [0, 0.05) is 28.8 Å². The molecule has 1 aromatic heterocycles. The molecule has 1 unspecified atom stereocenters.